The Morgan fingerprint density at radius 2 is 1.05 bits per heavy atom. The summed E-state index contributed by atoms with van der Waals surface area (Å²) < 4.78 is 0. The van der Waals surface area contributed by atoms with Crippen LogP contribution in [0.1, 0.15) is 131 Å². The monoisotopic (exact) mass is 565 g/mol. The van der Waals surface area contributed by atoms with Crippen LogP contribution in [0.5, 0.6) is 0 Å². The predicted octanol–water partition coefficient (Wildman–Crippen LogP) is 8.71. The second-order valence-corrected chi connectivity index (χ2v) is 15.2. The normalized spacial score (nSPS) is 23.1. The highest BCUT2D eigenvalue weighted by Crippen LogP contribution is 2.41. The number of anilines is 3. The molecule has 0 aliphatic heterocycles. The van der Waals surface area contributed by atoms with Crippen LogP contribution in [0.4, 0.5) is 17.1 Å². The van der Waals surface area contributed by atoms with Crippen LogP contribution in [0.2, 0.25) is 0 Å². The molecule has 0 aromatic heterocycles. The molecule has 0 atom stereocenters. The Kier molecular flexibility index (Phi) is 10.2. The Labute approximate surface area is 248 Å². The lowest BCUT2D eigenvalue weighted by Gasteiger charge is -2.39. The van der Waals surface area contributed by atoms with Gasteiger partial charge in [0, 0.05) is 40.4 Å². The highest BCUT2D eigenvalue weighted by molar-refractivity contribution is 6.01. The average molecular weight is 566 g/mol. The molecule has 3 saturated carbocycles. The van der Waals surface area contributed by atoms with Crippen LogP contribution in [0.3, 0.4) is 0 Å². The van der Waals surface area contributed by atoms with Gasteiger partial charge in [0.25, 0.3) is 0 Å². The Balaban J connectivity index is 1.60. The van der Waals surface area contributed by atoms with Gasteiger partial charge in [0.05, 0.1) is 0 Å². The first-order valence-electron chi connectivity index (χ1n) is 16.4. The number of nitrogens with zero attached hydrogens (tertiary/aromatic N) is 1. The molecule has 4 rings (SSSR count). The molecule has 3 aliphatic rings. The SMILES string of the molecule is CC(C)(C)N(C(=O)C1CCCCC1)c1cc(NC(=O)C2CCCCC2)cc(NC(=O)[C@H]2CC[C@@H](C(C)(C)C)CC2)c1. The smallest absolute Gasteiger partial charge is 0.230 e. The maximum atomic E-state index is 14.0. The third kappa shape index (κ3) is 8.35. The van der Waals surface area contributed by atoms with E-state index in [0.717, 1.165) is 82.7 Å². The fourth-order valence-electron chi connectivity index (χ4n) is 7.34. The molecule has 3 fully saturated rings. The van der Waals surface area contributed by atoms with E-state index in [1.165, 1.54) is 12.8 Å². The predicted molar refractivity (Wildman–Crippen MR) is 169 cm³/mol. The Hall–Kier alpha value is -2.37. The number of hydrogen-bond donors (Lipinski definition) is 2. The van der Waals surface area contributed by atoms with Gasteiger partial charge in [-0.1, -0.05) is 59.3 Å². The summed E-state index contributed by atoms with van der Waals surface area (Å²) in [5.41, 5.74) is 1.85. The van der Waals surface area contributed by atoms with Gasteiger partial charge in [-0.25, -0.2) is 0 Å². The summed E-state index contributed by atoms with van der Waals surface area (Å²) in [4.78, 5) is 42.6. The van der Waals surface area contributed by atoms with E-state index in [-0.39, 0.29) is 40.9 Å². The van der Waals surface area contributed by atoms with Crippen LogP contribution < -0.4 is 15.5 Å². The van der Waals surface area contributed by atoms with Gasteiger partial charge in [-0.2, -0.15) is 0 Å². The first-order valence-corrected chi connectivity index (χ1v) is 16.4. The third-order valence-electron chi connectivity index (χ3n) is 9.86. The lowest BCUT2D eigenvalue weighted by molar-refractivity contribution is -0.124. The molecule has 0 unspecified atom stereocenters. The molecule has 1 aromatic rings. The molecule has 0 heterocycles. The van der Waals surface area contributed by atoms with Gasteiger partial charge in [0.1, 0.15) is 0 Å². The summed E-state index contributed by atoms with van der Waals surface area (Å²) in [5.74, 6) is 0.888. The minimum atomic E-state index is -0.451. The Morgan fingerprint density at radius 1 is 0.610 bits per heavy atom. The van der Waals surface area contributed by atoms with Crippen molar-refractivity contribution in [1.29, 1.82) is 0 Å². The molecule has 228 valence electrons. The summed E-state index contributed by atoms with van der Waals surface area (Å²) >= 11 is 0. The lowest BCUT2D eigenvalue weighted by atomic mass is 9.69. The third-order valence-corrected chi connectivity index (χ3v) is 9.86. The summed E-state index contributed by atoms with van der Waals surface area (Å²) in [5, 5.41) is 6.36. The van der Waals surface area contributed by atoms with Crippen molar-refractivity contribution in [3.05, 3.63) is 18.2 Å². The number of carbonyl (C=O) groups excluding carboxylic acids is 3. The molecule has 6 heteroatoms. The summed E-state index contributed by atoms with van der Waals surface area (Å²) in [6, 6.07) is 5.73. The minimum Gasteiger partial charge on any atom is -0.326 e. The van der Waals surface area contributed by atoms with Crippen molar-refractivity contribution >= 4 is 34.8 Å². The molecule has 0 spiro atoms. The van der Waals surface area contributed by atoms with Crippen molar-refractivity contribution in [1.82, 2.24) is 0 Å². The van der Waals surface area contributed by atoms with Crippen LogP contribution in [0.25, 0.3) is 0 Å². The molecule has 6 nitrogen and oxygen atoms in total. The van der Waals surface area contributed by atoms with Gasteiger partial charge in [-0.15, -0.1) is 0 Å². The fourth-order valence-corrected chi connectivity index (χ4v) is 7.34. The molecule has 0 bridgehead atoms. The van der Waals surface area contributed by atoms with Gasteiger partial charge in [-0.3, -0.25) is 14.4 Å². The maximum absolute atomic E-state index is 14.0. The van der Waals surface area contributed by atoms with Crippen LogP contribution in [0.15, 0.2) is 18.2 Å². The number of hydrogen-bond acceptors (Lipinski definition) is 3. The topological polar surface area (TPSA) is 78.5 Å². The molecule has 3 amide bonds. The summed E-state index contributed by atoms with van der Waals surface area (Å²) in [6.45, 7) is 13.1. The van der Waals surface area contributed by atoms with Crippen LogP contribution in [0, 0.1) is 29.1 Å². The van der Waals surface area contributed by atoms with Gasteiger partial charge < -0.3 is 15.5 Å². The number of carbonyl (C=O) groups is 3. The number of benzene rings is 1. The van der Waals surface area contributed by atoms with Crippen molar-refractivity contribution in [3.63, 3.8) is 0 Å². The zero-order chi connectivity index (χ0) is 29.8. The number of amides is 3. The average Bonchev–Trinajstić information content (AvgIpc) is 2.93. The molecular weight excluding hydrogens is 510 g/mol. The molecule has 41 heavy (non-hydrogen) atoms. The second kappa shape index (κ2) is 13.3. The largest absolute Gasteiger partial charge is 0.326 e. The zero-order valence-electron chi connectivity index (χ0n) is 26.6. The number of rotatable bonds is 6. The molecule has 3 aliphatic carbocycles. The van der Waals surface area contributed by atoms with E-state index in [1.807, 2.05) is 23.1 Å². The quantitative estimate of drug-likeness (QED) is 0.362. The van der Waals surface area contributed by atoms with Gasteiger partial charge in [0.2, 0.25) is 17.7 Å². The van der Waals surface area contributed by atoms with Crippen molar-refractivity contribution in [2.24, 2.45) is 29.1 Å². The fraction of sp³-hybridized carbons (Fsp3) is 0.743. The summed E-state index contributed by atoms with van der Waals surface area (Å²) in [6.07, 6.45) is 14.3. The standard InChI is InChI=1S/C35H55N3O3/c1-34(2,3)27-19-17-25(18-20-27)32(40)37-29-21-28(36-31(39)24-13-9-7-10-14-24)22-30(23-29)38(35(4,5)6)33(41)26-15-11-8-12-16-26/h21-27H,7-20H2,1-6H3,(H,36,39)(H,37,40)/t25-,27+. The molecule has 1 aromatic carbocycles. The first kappa shape index (κ1) is 31.6. The molecular formula is C35H55N3O3. The Bertz CT molecular complexity index is 1060. The van der Waals surface area contributed by atoms with Crippen molar-refractivity contribution in [2.45, 2.75) is 137 Å². The lowest BCUT2D eigenvalue weighted by Crippen LogP contribution is -2.49. The van der Waals surface area contributed by atoms with Gasteiger partial charge in [0.15, 0.2) is 0 Å². The highest BCUT2D eigenvalue weighted by atomic mass is 16.2. The van der Waals surface area contributed by atoms with E-state index in [0.29, 0.717) is 17.3 Å². The first-order chi connectivity index (χ1) is 19.3. The molecule has 2 N–H and O–H groups in total. The Morgan fingerprint density at radius 3 is 1.49 bits per heavy atom. The van der Waals surface area contributed by atoms with E-state index in [1.54, 1.807) is 0 Å². The number of nitrogens with one attached hydrogen (secondary N) is 2. The van der Waals surface area contributed by atoms with E-state index in [2.05, 4.69) is 52.2 Å². The van der Waals surface area contributed by atoms with Crippen LogP contribution in [-0.4, -0.2) is 23.3 Å². The van der Waals surface area contributed by atoms with E-state index in [4.69, 9.17) is 0 Å². The van der Waals surface area contributed by atoms with Gasteiger partial charge in [-0.05, 0) is 102 Å². The van der Waals surface area contributed by atoms with E-state index < -0.39 is 5.54 Å². The van der Waals surface area contributed by atoms with Gasteiger partial charge >= 0.3 is 0 Å². The second-order valence-electron chi connectivity index (χ2n) is 15.2. The maximum Gasteiger partial charge on any atom is 0.230 e. The zero-order valence-corrected chi connectivity index (χ0v) is 26.6. The van der Waals surface area contributed by atoms with E-state index in [9.17, 15) is 14.4 Å². The van der Waals surface area contributed by atoms with Crippen molar-refractivity contribution < 1.29 is 14.4 Å². The minimum absolute atomic E-state index is 0.0134. The van der Waals surface area contributed by atoms with Crippen LogP contribution in [-0.2, 0) is 14.4 Å². The molecule has 0 saturated heterocycles. The summed E-state index contributed by atoms with van der Waals surface area (Å²) in [7, 11) is 0. The van der Waals surface area contributed by atoms with E-state index >= 15 is 0 Å². The van der Waals surface area contributed by atoms with Crippen LogP contribution >= 0.6 is 0 Å². The van der Waals surface area contributed by atoms with Crippen molar-refractivity contribution in [2.75, 3.05) is 15.5 Å². The highest BCUT2D eigenvalue weighted by Gasteiger charge is 2.35. The van der Waals surface area contributed by atoms with Crippen molar-refractivity contribution in [3.8, 4) is 0 Å². The molecule has 0 radical (unpaired) electrons.